The molecule has 2 aromatic rings. The lowest BCUT2D eigenvalue weighted by atomic mass is 9.83. The van der Waals surface area contributed by atoms with Crippen LogP contribution in [0.2, 0.25) is 5.02 Å². The van der Waals surface area contributed by atoms with Gasteiger partial charge in [0.05, 0.1) is 44.4 Å². The number of hydrogen-bond acceptors (Lipinski definition) is 8. The number of ether oxygens (including phenoxy) is 5. The highest BCUT2D eigenvalue weighted by Crippen LogP contribution is 2.45. The van der Waals surface area contributed by atoms with Crippen LogP contribution < -0.4 is 25.5 Å². The van der Waals surface area contributed by atoms with Crippen LogP contribution >= 0.6 is 11.6 Å². The van der Waals surface area contributed by atoms with Gasteiger partial charge in [-0.25, -0.2) is 4.79 Å². The van der Waals surface area contributed by atoms with Gasteiger partial charge >= 0.3 is 5.97 Å². The summed E-state index contributed by atoms with van der Waals surface area (Å²) < 4.78 is 28.0. The molecule has 10 heteroatoms. The summed E-state index contributed by atoms with van der Waals surface area (Å²) in [4.78, 5) is 26.3. The molecule has 1 aliphatic rings. The second-order valence-corrected chi connectivity index (χ2v) is 7.46. The molecule has 3 rings (SSSR count). The van der Waals surface area contributed by atoms with Gasteiger partial charge in [-0.2, -0.15) is 0 Å². The van der Waals surface area contributed by atoms with Crippen molar-refractivity contribution >= 4 is 17.6 Å². The third kappa shape index (κ3) is 4.01. The van der Waals surface area contributed by atoms with Crippen molar-refractivity contribution in [2.24, 2.45) is 5.73 Å². The third-order valence-electron chi connectivity index (χ3n) is 5.28. The number of aromatic nitrogens is 1. The first-order valence-electron chi connectivity index (χ1n) is 9.69. The number of nitrogens with zero attached hydrogens (tertiary/aromatic N) is 1. The molecule has 0 saturated carbocycles. The Labute approximate surface area is 190 Å². The lowest BCUT2D eigenvalue weighted by Crippen LogP contribution is -2.35. The number of benzene rings is 1. The van der Waals surface area contributed by atoms with Crippen LogP contribution in [0, 0.1) is 6.92 Å². The van der Waals surface area contributed by atoms with Crippen LogP contribution in [0.4, 0.5) is 0 Å². The van der Waals surface area contributed by atoms with Gasteiger partial charge in [-0.15, -0.1) is 0 Å². The van der Waals surface area contributed by atoms with E-state index in [4.69, 9.17) is 41.0 Å². The number of pyridine rings is 1. The van der Waals surface area contributed by atoms with Gasteiger partial charge < -0.3 is 34.0 Å². The number of nitrogens with two attached hydrogens (primary N) is 1. The molecule has 0 bridgehead atoms. The topological polar surface area (TPSA) is 111 Å². The quantitative estimate of drug-likeness (QED) is 0.621. The van der Waals surface area contributed by atoms with Crippen molar-refractivity contribution in [1.82, 2.24) is 4.57 Å². The van der Waals surface area contributed by atoms with Gasteiger partial charge in [0, 0.05) is 25.4 Å². The fourth-order valence-corrected chi connectivity index (χ4v) is 4.09. The van der Waals surface area contributed by atoms with E-state index >= 15 is 0 Å². The zero-order chi connectivity index (χ0) is 23.6. The van der Waals surface area contributed by atoms with E-state index in [0.717, 1.165) is 0 Å². The Morgan fingerprint density at radius 3 is 2.50 bits per heavy atom. The Morgan fingerprint density at radius 2 is 1.91 bits per heavy atom. The molecule has 1 aromatic heterocycles. The number of halogens is 1. The van der Waals surface area contributed by atoms with Crippen LogP contribution in [0.25, 0.3) is 0 Å². The molecule has 1 unspecified atom stereocenters. The summed E-state index contributed by atoms with van der Waals surface area (Å²) in [6.45, 7) is 2.43. The Kier molecular flexibility index (Phi) is 7.00. The average Bonchev–Trinajstić information content (AvgIpc) is 2.76. The summed E-state index contributed by atoms with van der Waals surface area (Å²) in [5.74, 6) is -0.894. The van der Waals surface area contributed by atoms with E-state index in [1.54, 1.807) is 36.8 Å². The molecule has 1 aromatic carbocycles. The average molecular weight is 465 g/mol. The van der Waals surface area contributed by atoms with E-state index in [1.807, 2.05) is 0 Å². The first-order chi connectivity index (χ1) is 15.3. The smallest absolute Gasteiger partial charge is 0.340 e. The van der Waals surface area contributed by atoms with Gasteiger partial charge in [-0.1, -0.05) is 11.6 Å². The molecular formula is C22H25ClN2O7. The molecule has 0 fully saturated rings. The Balaban J connectivity index is 2.35. The fraction of sp³-hybridized carbons (Fsp3) is 0.364. The number of rotatable bonds is 7. The molecule has 0 amide bonds. The Hall–Kier alpha value is -3.17. The van der Waals surface area contributed by atoms with E-state index in [2.05, 4.69) is 0 Å². The van der Waals surface area contributed by atoms with E-state index in [1.165, 1.54) is 21.3 Å². The molecule has 1 aliphatic heterocycles. The molecule has 172 valence electrons. The van der Waals surface area contributed by atoms with Gasteiger partial charge in [0.25, 0.3) is 5.56 Å². The third-order valence-corrected chi connectivity index (χ3v) is 5.56. The predicted molar refractivity (Wildman–Crippen MR) is 118 cm³/mol. The minimum atomic E-state index is -0.912. The molecule has 1 atom stereocenters. The number of aryl methyl sites for hydroxylation is 1. The molecular weight excluding hydrogens is 440 g/mol. The molecule has 0 saturated heterocycles. The summed E-state index contributed by atoms with van der Waals surface area (Å²) in [5, 5.41) is 0.240. The van der Waals surface area contributed by atoms with Crippen LogP contribution in [-0.4, -0.2) is 45.6 Å². The number of carbonyl (C=O) groups is 1. The number of esters is 1. The molecule has 9 nitrogen and oxygen atoms in total. The molecule has 0 aliphatic carbocycles. The highest BCUT2D eigenvalue weighted by Gasteiger charge is 2.39. The maximum atomic E-state index is 13.6. The standard InChI is InChI=1S/C22H25ClN2O7/c1-11-8-14-17(21(26)25(11)6-7-28-2)16(18(20(24)32-14)22(27)31-5)12-9-13(23)19(30-4)15(10-12)29-3/h8-10,16H,6-7,24H2,1-5H3. The van der Waals surface area contributed by atoms with Crippen molar-refractivity contribution in [1.29, 1.82) is 0 Å². The SMILES string of the molecule is COCCn1c(C)cc2c(c1=O)C(c1cc(Cl)c(OC)c(OC)c1)C(C(=O)OC)=C(N)O2. The summed E-state index contributed by atoms with van der Waals surface area (Å²) in [5.41, 5.74) is 7.13. The highest BCUT2D eigenvalue weighted by molar-refractivity contribution is 6.32. The first-order valence-corrected chi connectivity index (χ1v) is 10.1. The molecule has 2 N–H and O–H groups in total. The van der Waals surface area contributed by atoms with Crippen LogP contribution in [0.15, 0.2) is 34.4 Å². The number of carbonyl (C=O) groups excluding carboxylic acids is 1. The molecule has 0 spiro atoms. The minimum absolute atomic E-state index is 0.0115. The van der Waals surface area contributed by atoms with Gasteiger partial charge in [-0.05, 0) is 24.6 Å². The monoisotopic (exact) mass is 464 g/mol. The van der Waals surface area contributed by atoms with Crippen molar-refractivity contribution in [3.63, 3.8) is 0 Å². The Morgan fingerprint density at radius 1 is 1.19 bits per heavy atom. The molecule has 0 radical (unpaired) electrons. The van der Waals surface area contributed by atoms with E-state index in [0.29, 0.717) is 35.9 Å². The van der Waals surface area contributed by atoms with E-state index < -0.39 is 11.9 Å². The summed E-state index contributed by atoms with van der Waals surface area (Å²) in [7, 11) is 5.70. The molecule has 32 heavy (non-hydrogen) atoms. The zero-order valence-corrected chi connectivity index (χ0v) is 19.2. The zero-order valence-electron chi connectivity index (χ0n) is 18.5. The lowest BCUT2D eigenvalue weighted by Gasteiger charge is -2.29. The van der Waals surface area contributed by atoms with Crippen molar-refractivity contribution in [3.8, 4) is 17.2 Å². The fourth-order valence-electron chi connectivity index (χ4n) is 3.79. The van der Waals surface area contributed by atoms with Gasteiger partial charge in [-0.3, -0.25) is 4.79 Å². The maximum absolute atomic E-state index is 13.6. The first kappa shape index (κ1) is 23.5. The van der Waals surface area contributed by atoms with Crippen LogP contribution in [0.5, 0.6) is 17.2 Å². The molecule has 2 heterocycles. The van der Waals surface area contributed by atoms with E-state index in [-0.39, 0.29) is 33.4 Å². The highest BCUT2D eigenvalue weighted by atomic mass is 35.5. The van der Waals surface area contributed by atoms with Crippen LogP contribution in [-0.2, 0) is 20.8 Å². The maximum Gasteiger partial charge on any atom is 0.340 e. The lowest BCUT2D eigenvalue weighted by molar-refractivity contribution is -0.136. The minimum Gasteiger partial charge on any atom is -0.493 e. The summed E-state index contributed by atoms with van der Waals surface area (Å²) in [6.07, 6.45) is 0. The van der Waals surface area contributed by atoms with Crippen molar-refractivity contribution < 1.29 is 28.5 Å². The number of hydrogen-bond donors (Lipinski definition) is 1. The Bertz CT molecular complexity index is 1140. The van der Waals surface area contributed by atoms with Gasteiger partial charge in [0.2, 0.25) is 5.88 Å². The second-order valence-electron chi connectivity index (χ2n) is 7.06. The summed E-state index contributed by atoms with van der Waals surface area (Å²) >= 11 is 6.42. The van der Waals surface area contributed by atoms with E-state index in [9.17, 15) is 9.59 Å². The van der Waals surface area contributed by atoms with Gasteiger partial charge in [0.1, 0.15) is 11.3 Å². The number of methoxy groups -OCH3 is 4. The normalized spacial score (nSPS) is 15.1. The number of fused-ring (bicyclic) bond motifs is 1. The second kappa shape index (κ2) is 9.54. The predicted octanol–water partition coefficient (Wildman–Crippen LogP) is 2.34. The summed E-state index contributed by atoms with van der Waals surface area (Å²) in [6, 6.07) is 4.93. The van der Waals surface area contributed by atoms with Crippen molar-refractivity contribution in [2.45, 2.75) is 19.4 Å². The van der Waals surface area contributed by atoms with Crippen molar-refractivity contribution in [2.75, 3.05) is 35.0 Å². The van der Waals surface area contributed by atoms with Crippen LogP contribution in [0.1, 0.15) is 22.7 Å². The van der Waals surface area contributed by atoms with Gasteiger partial charge in [0.15, 0.2) is 11.5 Å². The largest absolute Gasteiger partial charge is 0.493 e. The van der Waals surface area contributed by atoms with Crippen LogP contribution in [0.3, 0.4) is 0 Å². The van der Waals surface area contributed by atoms with Crippen molar-refractivity contribution in [3.05, 3.63) is 61.9 Å².